The number of carbonyl (C=O) groups excluding carboxylic acids is 2. The zero-order chi connectivity index (χ0) is 19.2. The summed E-state index contributed by atoms with van der Waals surface area (Å²) in [6.07, 6.45) is 1.67. The lowest BCUT2D eigenvalue weighted by Gasteiger charge is -2.19. The van der Waals surface area contributed by atoms with E-state index in [9.17, 15) is 9.59 Å². The standard InChI is InChI=1S/C21H24N2O4/c1-3-27-17-9-6-15(7-10-17)13-20(24)22-16-8-11-18(19(14-16)26-2)23-12-4-5-21(23)25/h6-11,14H,3-5,12-13H2,1-2H3,(H,22,24). The molecular formula is C21H24N2O4. The molecule has 0 bridgehead atoms. The molecule has 27 heavy (non-hydrogen) atoms. The number of nitrogens with zero attached hydrogens (tertiary/aromatic N) is 1. The molecule has 0 spiro atoms. The molecule has 1 heterocycles. The summed E-state index contributed by atoms with van der Waals surface area (Å²) >= 11 is 0. The van der Waals surface area contributed by atoms with E-state index in [1.807, 2.05) is 37.3 Å². The van der Waals surface area contributed by atoms with Crippen LogP contribution in [0, 0.1) is 0 Å². The first-order valence-corrected chi connectivity index (χ1v) is 9.10. The van der Waals surface area contributed by atoms with E-state index in [0.29, 0.717) is 31.0 Å². The molecular weight excluding hydrogens is 344 g/mol. The zero-order valence-corrected chi connectivity index (χ0v) is 15.7. The number of ether oxygens (including phenoxy) is 2. The average Bonchev–Trinajstić information content (AvgIpc) is 3.09. The fourth-order valence-electron chi connectivity index (χ4n) is 3.14. The highest BCUT2D eigenvalue weighted by molar-refractivity contribution is 5.98. The molecule has 2 aromatic carbocycles. The van der Waals surface area contributed by atoms with Crippen molar-refractivity contribution in [3.05, 3.63) is 48.0 Å². The van der Waals surface area contributed by atoms with E-state index in [-0.39, 0.29) is 18.2 Å². The van der Waals surface area contributed by atoms with Gasteiger partial charge in [-0.05, 0) is 43.2 Å². The molecule has 1 N–H and O–H groups in total. The number of nitrogens with one attached hydrogen (secondary N) is 1. The summed E-state index contributed by atoms with van der Waals surface area (Å²) in [6, 6.07) is 12.8. The molecule has 0 aliphatic carbocycles. The van der Waals surface area contributed by atoms with Gasteiger partial charge < -0.3 is 19.7 Å². The Bertz CT molecular complexity index is 817. The maximum absolute atomic E-state index is 12.3. The summed E-state index contributed by atoms with van der Waals surface area (Å²) in [4.78, 5) is 26.0. The predicted octanol–water partition coefficient (Wildman–Crippen LogP) is 3.40. The lowest BCUT2D eigenvalue weighted by atomic mass is 10.1. The molecule has 1 saturated heterocycles. The quantitative estimate of drug-likeness (QED) is 0.813. The highest BCUT2D eigenvalue weighted by Crippen LogP contribution is 2.33. The third-order valence-electron chi connectivity index (χ3n) is 4.43. The van der Waals surface area contributed by atoms with Gasteiger partial charge in [0.2, 0.25) is 11.8 Å². The molecule has 3 rings (SSSR count). The number of methoxy groups -OCH3 is 1. The van der Waals surface area contributed by atoms with Gasteiger partial charge in [0.25, 0.3) is 0 Å². The minimum absolute atomic E-state index is 0.0978. The van der Waals surface area contributed by atoms with Crippen LogP contribution in [0.5, 0.6) is 11.5 Å². The lowest BCUT2D eigenvalue weighted by Crippen LogP contribution is -2.24. The van der Waals surface area contributed by atoms with E-state index in [1.165, 1.54) is 0 Å². The number of rotatable bonds is 7. The van der Waals surface area contributed by atoms with Gasteiger partial charge in [0, 0.05) is 24.7 Å². The minimum atomic E-state index is -0.119. The van der Waals surface area contributed by atoms with Gasteiger partial charge in [-0.25, -0.2) is 0 Å². The number of amides is 2. The van der Waals surface area contributed by atoms with Crippen LogP contribution in [0.15, 0.2) is 42.5 Å². The fourth-order valence-corrected chi connectivity index (χ4v) is 3.14. The van der Waals surface area contributed by atoms with Crippen molar-refractivity contribution in [2.75, 3.05) is 30.5 Å². The van der Waals surface area contributed by atoms with Crippen molar-refractivity contribution in [1.82, 2.24) is 0 Å². The van der Waals surface area contributed by atoms with Crippen LogP contribution in [0.1, 0.15) is 25.3 Å². The maximum atomic E-state index is 12.3. The number of hydrogen-bond acceptors (Lipinski definition) is 4. The van der Waals surface area contributed by atoms with E-state index < -0.39 is 0 Å². The molecule has 0 saturated carbocycles. The molecule has 0 unspecified atom stereocenters. The zero-order valence-electron chi connectivity index (χ0n) is 15.7. The molecule has 6 nitrogen and oxygen atoms in total. The second-order valence-corrected chi connectivity index (χ2v) is 6.34. The Morgan fingerprint density at radius 2 is 1.96 bits per heavy atom. The van der Waals surface area contributed by atoms with Gasteiger partial charge in [-0.15, -0.1) is 0 Å². The predicted molar refractivity (Wildman–Crippen MR) is 105 cm³/mol. The van der Waals surface area contributed by atoms with Gasteiger partial charge in [0.15, 0.2) is 0 Å². The largest absolute Gasteiger partial charge is 0.494 e. The Morgan fingerprint density at radius 3 is 2.59 bits per heavy atom. The van der Waals surface area contributed by atoms with Gasteiger partial charge in [-0.3, -0.25) is 9.59 Å². The second-order valence-electron chi connectivity index (χ2n) is 6.34. The first-order valence-electron chi connectivity index (χ1n) is 9.10. The van der Waals surface area contributed by atoms with Crippen molar-refractivity contribution < 1.29 is 19.1 Å². The number of benzene rings is 2. The van der Waals surface area contributed by atoms with Gasteiger partial charge in [-0.1, -0.05) is 12.1 Å². The normalized spacial score (nSPS) is 13.6. The highest BCUT2D eigenvalue weighted by atomic mass is 16.5. The monoisotopic (exact) mass is 368 g/mol. The summed E-state index contributed by atoms with van der Waals surface area (Å²) < 4.78 is 10.8. The van der Waals surface area contributed by atoms with Crippen LogP contribution in [0.4, 0.5) is 11.4 Å². The van der Waals surface area contributed by atoms with Crippen LogP contribution in [-0.4, -0.2) is 32.1 Å². The van der Waals surface area contributed by atoms with Crippen molar-refractivity contribution in [3.63, 3.8) is 0 Å². The van der Waals surface area contributed by atoms with Crippen LogP contribution in [-0.2, 0) is 16.0 Å². The lowest BCUT2D eigenvalue weighted by molar-refractivity contribution is -0.117. The Kier molecular flexibility index (Phi) is 5.96. The van der Waals surface area contributed by atoms with E-state index in [0.717, 1.165) is 23.4 Å². The number of anilines is 2. The molecule has 0 aromatic heterocycles. The molecule has 142 valence electrons. The molecule has 1 aliphatic rings. The summed E-state index contributed by atoms with van der Waals surface area (Å²) in [5, 5.41) is 2.88. The van der Waals surface area contributed by atoms with Crippen LogP contribution in [0.3, 0.4) is 0 Å². The maximum Gasteiger partial charge on any atom is 0.228 e. The Labute approximate surface area is 159 Å². The summed E-state index contributed by atoms with van der Waals surface area (Å²) in [5.74, 6) is 1.34. The molecule has 0 atom stereocenters. The van der Waals surface area contributed by atoms with Gasteiger partial charge in [0.1, 0.15) is 11.5 Å². The number of hydrogen-bond donors (Lipinski definition) is 1. The first kappa shape index (κ1) is 18.8. The van der Waals surface area contributed by atoms with Gasteiger partial charge in [0.05, 0.1) is 25.8 Å². The highest BCUT2D eigenvalue weighted by Gasteiger charge is 2.24. The molecule has 1 fully saturated rings. The van der Waals surface area contributed by atoms with Crippen LogP contribution < -0.4 is 19.7 Å². The summed E-state index contributed by atoms with van der Waals surface area (Å²) in [5.41, 5.74) is 2.28. The van der Waals surface area contributed by atoms with E-state index >= 15 is 0 Å². The Hall–Kier alpha value is -3.02. The Balaban J connectivity index is 1.66. The smallest absolute Gasteiger partial charge is 0.228 e. The summed E-state index contributed by atoms with van der Waals surface area (Å²) in [7, 11) is 1.56. The van der Waals surface area contributed by atoms with Crippen molar-refractivity contribution in [1.29, 1.82) is 0 Å². The van der Waals surface area contributed by atoms with Crippen LogP contribution in [0.2, 0.25) is 0 Å². The van der Waals surface area contributed by atoms with Crippen molar-refractivity contribution in [3.8, 4) is 11.5 Å². The molecule has 2 aromatic rings. The Morgan fingerprint density at radius 1 is 1.19 bits per heavy atom. The van der Waals surface area contributed by atoms with Crippen molar-refractivity contribution >= 4 is 23.2 Å². The van der Waals surface area contributed by atoms with E-state index in [4.69, 9.17) is 9.47 Å². The van der Waals surface area contributed by atoms with E-state index in [1.54, 1.807) is 24.1 Å². The SMILES string of the molecule is CCOc1ccc(CC(=O)Nc2ccc(N3CCCC3=O)c(OC)c2)cc1. The molecule has 0 radical (unpaired) electrons. The molecule has 2 amide bonds. The fraction of sp³-hybridized carbons (Fsp3) is 0.333. The first-order chi connectivity index (χ1) is 13.1. The second kappa shape index (κ2) is 8.58. The average molecular weight is 368 g/mol. The molecule has 6 heteroatoms. The third kappa shape index (κ3) is 4.58. The van der Waals surface area contributed by atoms with Crippen LogP contribution in [0.25, 0.3) is 0 Å². The summed E-state index contributed by atoms with van der Waals surface area (Å²) in [6.45, 7) is 3.24. The minimum Gasteiger partial charge on any atom is -0.494 e. The topological polar surface area (TPSA) is 67.9 Å². The number of carbonyl (C=O) groups is 2. The van der Waals surface area contributed by atoms with Crippen molar-refractivity contribution in [2.45, 2.75) is 26.2 Å². The van der Waals surface area contributed by atoms with Gasteiger partial charge >= 0.3 is 0 Å². The van der Waals surface area contributed by atoms with E-state index in [2.05, 4.69) is 5.32 Å². The molecule has 1 aliphatic heterocycles. The van der Waals surface area contributed by atoms with Gasteiger partial charge in [-0.2, -0.15) is 0 Å². The van der Waals surface area contributed by atoms with Crippen molar-refractivity contribution in [2.24, 2.45) is 0 Å². The third-order valence-corrected chi connectivity index (χ3v) is 4.43. The van der Waals surface area contributed by atoms with Crippen LogP contribution >= 0.6 is 0 Å².